The van der Waals surface area contributed by atoms with Crippen molar-refractivity contribution in [2.24, 2.45) is 0 Å². The van der Waals surface area contributed by atoms with Crippen LogP contribution in [0.15, 0.2) is 18.2 Å². The van der Waals surface area contributed by atoms with Crippen molar-refractivity contribution in [3.8, 4) is 0 Å². The van der Waals surface area contributed by atoms with Gasteiger partial charge in [-0.2, -0.15) is 0 Å². The van der Waals surface area contributed by atoms with Gasteiger partial charge in [0.1, 0.15) is 0 Å². The fraction of sp³-hybridized carbons (Fsp3) is 0.600. The number of hydrogen-bond donors (Lipinski definition) is 1. The van der Waals surface area contributed by atoms with Crippen LogP contribution in [0.5, 0.6) is 0 Å². The summed E-state index contributed by atoms with van der Waals surface area (Å²) in [6.07, 6.45) is 3.48. The van der Waals surface area contributed by atoms with E-state index in [0.717, 1.165) is 35.0 Å². The molecule has 2 unspecified atom stereocenters. The van der Waals surface area contributed by atoms with Crippen LogP contribution < -0.4 is 5.32 Å². The molecule has 0 bridgehead atoms. The summed E-state index contributed by atoms with van der Waals surface area (Å²) in [5.41, 5.74) is 1.14. The molecule has 1 aromatic carbocycles. The Labute approximate surface area is 121 Å². The molecule has 0 aliphatic heterocycles. The van der Waals surface area contributed by atoms with Gasteiger partial charge in [0.05, 0.1) is 0 Å². The number of halogens is 2. The van der Waals surface area contributed by atoms with Gasteiger partial charge in [-0.25, -0.2) is 0 Å². The molecule has 18 heavy (non-hydrogen) atoms. The molecule has 0 aliphatic carbocycles. The van der Waals surface area contributed by atoms with Gasteiger partial charge in [-0.1, -0.05) is 50.4 Å². The van der Waals surface area contributed by atoms with Crippen molar-refractivity contribution in [2.75, 3.05) is 6.54 Å². The fourth-order valence-electron chi connectivity index (χ4n) is 2.25. The molecule has 2 atom stereocenters. The lowest BCUT2D eigenvalue weighted by molar-refractivity contribution is 0.421. The summed E-state index contributed by atoms with van der Waals surface area (Å²) < 4.78 is 0. The third-order valence-electron chi connectivity index (χ3n) is 3.31. The summed E-state index contributed by atoms with van der Waals surface area (Å²) >= 11 is 12.4. The smallest absolute Gasteiger partial charge is 0.0442 e. The highest BCUT2D eigenvalue weighted by Gasteiger charge is 2.19. The lowest BCUT2D eigenvalue weighted by atomic mass is 9.90. The van der Waals surface area contributed by atoms with Crippen molar-refractivity contribution < 1.29 is 0 Å². The highest BCUT2D eigenvalue weighted by Crippen LogP contribution is 2.30. The molecule has 1 aromatic rings. The van der Waals surface area contributed by atoms with Gasteiger partial charge in [-0.3, -0.25) is 0 Å². The lowest BCUT2D eigenvalue weighted by Crippen LogP contribution is -2.34. The van der Waals surface area contributed by atoms with Gasteiger partial charge in [-0.05, 0) is 49.1 Å². The van der Waals surface area contributed by atoms with Crippen molar-refractivity contribution >= 4 is 23.2 Å². The minimum Gasteiger partial charge on any atom is -0.313 e. The molecule has 0 aliphatic rings. The third kappa shape index (κ3) is 4.46. The number of hydrogen-bond acceptors (Lipinski definition) is 1. The molecule has 102 valence electrons. The molecule has 0 fully saturated rings. The summed E-state index contributed by atoms with van der Waals surface area (Å²) in [7, 11) is 0. The van der Waals surface area contributed by atoms with Crippen LogP contribution in [-0.2, 0) is 0 Å². The second-order valence-electron chi connectivity index (χ2n) is 4.80. The highest BCUT2D eigenvalue weighted by molar-refractivity contribution is 6.33. The molecule has 1 rings (SSSR count). The SMILES string of the molecule is CCCNC(CCC)C(C)c1cc(Cl)ccc1Cl. The van der Waals surface area contributed by atoms with E-state index >= 15 is 0 Å². The predicted octanol–water partition coefficient (Wildman–Crippen LogP) is 5.27. The first-order chi connectivity index (χ1) is 8.60. The van der Waals surface area contributed by atoms with Gasteiger partial charge in [0.25, 0.3) is 0 Å². The summed E-state index contributed by atoms with van der Waals surface area (Å²) in [6.45, 7) is 7.67. The zero-order chi connectivity index (χ0) is 13.5. The Morgan fingerprint density at radius 2 is 1.89 bits per heavy atom. The molecule has 1 nitrogen and oxygen atoms in total. The second-order valence-corrected chi connectivity index (χ2v) is 5.65. The van der Waals surface area contributed by atoms with Crippen molar-refractivity contribution in [1.29, 1.82) is 0 Å². The molecule has 0 spiro atoms. The quantitative estimate of drug-likeness (QED) is 0.721. The van der Waals surface area contributed by atoms with Crippen molar-refractivity contribution in [2.45, 2.75) is 52.0 Å². The molecule has 3 heteroatoms. The second kappa shape index (κ2) is 8.04. The molecular weight excluding hydrogens is 265 g/mol. The van der Waals surface area contributed by atoms with Gasteiger partial charge in [0, 0.05) is 16.1 Å². The Morgan fingerprint density at radius 3 is 2.50 bits per heavy atom. The van der Waals surface area contributed by atoms with E-state index in [4.69, 9.17) is 23.2 Å². The van der Waals surface area contributed by atoms with Crippen LogP contribution in [-0.4, -0.2) is 12.6 Å². The third-order valence-corrected chi connectivity index (χ3v) is 3.89. The van der Waals surface area contributed by atoms with E-state index in [0.29, 0.717) is 12.0 Å². The van der Waals surface area contributed by atoms with Gasteiger partial charge < -0.3 is 5.32 Å². The molecular formula is C15H23Cl2N. The van der Waals surface area contributed by atoms with E-state index in [2.05, 4.69) is 26.1 Å². The largest absolute Gasteiger partial charge is 0.313 e. The average molecular weight is 288 g/mol. The van der Waals surface area contributed by atoms with E-state index in [1.807, 2.05) is 18.2 Å². The Bertz CT molecular complexity index is 366. The standard InChI is InChI=1S/C15H23Cl2N/c1-4-6-15(18-9-5-2)11(3)13-10-12(16)7-8-14(13)17/h7-8,10-11,15,18H,4-6,9H2,1-3H3. The van der Waals surface area contributed by atoms with Crippen LogP contribution in [0, 0.1) is 0 Å². The number of rotatable bonds is 7. The molecule has 0 saturated heterocycles. The van der Waals surface area contributed by atoms with Crippen LogP contribution in [0.3, 0.4) is 0 Å². The predicted molar refractivity (Wildman–Crippen MR) is 81.9 cm³/mol. The van der Waals surface area contributed by atoms with Gasteiger partial charge in [0.15, 0.2) is 0 Å². The topological polar surface area (TPSA) is 12.0 Å². The monoisotopic (exact) mass is 287 g/mol. The first-order valence-corrected chi connectivity index (χ1v) is 7.54. The fourth-order valence-corrected chi connectivity index (χ4v) is 2.72. The normalized spacial score (nSPS) is 14.5. The van der Waals surface area contributed by atoms with Gasteiger partial charge >= 0.3 is 0 Å². The summed E-state index contributed by atoms with van der Waals surface area (Å²) in [5.74, 6) is 0.377. The molecule has 1 N–H and O–H groups in total. The molecule has 0 amide bonds. The van der Waals surface area contributed by atoms with Crippen LogP contribution in [0.25, 0.3) is 0 Å². The Balaban J connectivity index is 2.86. The van der Waals surface area contributed by atoms with Crippen molar-refractivity contribution in [3.63, 3.8) is 0 Å². The van der Waals surface area contributed by atoms with E-state index < -0.39 is 0 Å². The highest BCUT2D eigenvalue weighted by atomic mass is 35.5. The lowest BCUT2D eigenvalue weighted by Gasteiger charge is -2.26. The zero-order valence-corrected chi connectivity index (χ0v) is 13.0. The van der Waals surface area contributed by atoms with E-state index in [-0.39, 0.29) is 0 Å². The summed E-state index contributed by atoms with van der Waals surface area (Å²) in [4.78, 5) is 0. The first kappa shape index (κ1) is 15.8. The molecule has 0 saturated carbocycles. The Hall–Kier alpha value is -0.240. The summed E-state index contributed by atoms with van der Waals surface area (Å²) in [5, 5.41) is 5.18. The van der Waals surface area contributed by atoms with Gasteiger partial charge in [0.2, 0.25) is 0 Å². The molecule has 0 radical (unpaired) electrons. The summed E-state index contributed by atoms with van der Waals surface area (Å²) in [6, 6.07) is 6.18. The number of nitrogens with one attached hydrogen (secondary N) is 1. The first-order valence-electron chi connectivity index (χ1n) is 6.78. The van der Waals surface area contributed by atoms with E-state index in [1.54, 1.807) is 0 Å². The molecule has 0 heterocycles. The molecule has 0 aromatic heterocycles. The zero-order valence-electron chi connectivity index (χ0n) is 11.5. The van der Waals surface area contributed by atoms with E-state index in [9.17, 15) is 0 Å². The Morgan fingerprint density at radius 1 is 1.17 bits per heavy atom. The van der Waals surface area contributed by atoms with Crippen molar-refractivity contribution in [1.82, 2.24) is 5.32 Å². The van der Waals surface area contributed by atoms with E-state index in [1.165, 1.54) is 6.42 Å². The minimum atomic E-state index is 0.377. The van der Waals surface area contributed by atoms with Crippen LogP contribution >= 0.6 is 23.2 Å². The van der Waals surface area contributed by atoms with Crippen LogP contribution in [0.4, 0.5) is 0 Å². The van der Waals surface area contributed by atoms with Crippen LogP contribution in [0.1, 0.15) is 51.5 Å². The Kier molecular flexibility index (Phi) is 7.06. The maximum absolute atomic E-state index is 6.28. The number of benzene rings is 1. The minimum absolute atomic E-state index is 0.377. The maximum atomic E-state index is 6.28. The maximum Gasteiger partial charge on any atom is 0.0442 e. The van der Waals surface area contributed by atoms with Gasteiger partial charge in [-0.15, -0.1) is 0 Å². The van der Waals surface area contributed by atoms with Crippen molar-refractivity contribution in [3.05, 3.63) is 33.8 Å². The van der Waals surface area contributed by atoms with Crippen LogP contribution in [0.2, 0.25) is 10.0 Å². The average Bonchev–Trinajstić information content (AvgIpc) is 2.36.